The molecule has 1 unspecified atom stereocenters. The van der Waals surface area contributed by atoms with Crippen LogP contribution in [0.2, 0.25) is 0 Å². The van der Waals surface area contributed by atoms with Crippen LogP contribution in [0.25, 0.3) is 0 Å². The Morgan fingerprint density at radius 2 is 1.71 bits per heavy atom. The molecule has 0 saturated heterocycles. The smallest absolute Gasteiger partial charge is 0.281 e. The number of halogens is 6. The normalized spacial score (nSPS) is 16.8. The summed E-state index contributed by atoms with van der Waals surface area (Å²) in [6.45, 7) is 0.908. The Balaban J connectivity index is 3.85. The number of aromatic nitrogens is 2. The van der Waals surface area contributed by atoms with Crippen molar-refractivity contribution in [1.29, 1.82) is 0 Å². The summed E-state index contributed by atoms with van der Waals surface area (Å²) in [7, 11) is -5.83. The highest BCUT2D eigenvalue weighted by Crippen LogP contribution is 2.53. The summed E-state index contributed by atoms with van der Waals surface area (Å²) >= 11 is 0. The average Bonchev–Trinajstić information content (AvgIpc) is 2.66. The first-order chi connectivity index (χ1) is 9.21. The van der Waals surface area contributed by atoms with Crippen molar-refractivity contribution in [1.82, 2.24) is 4.57 Å². The van der Waals surface area contributed by atoms with Gasteiger partial charge in [-0.25, -0.2) is 13.5 Å². The van der Waals surface area contributed by atoms with Crippen LogP contribution >= 0.6 is 0 Å². The van der Waals surface area contributed by atoms with Crippen LogP contribution in [-0.4, -0.2) is 29.0 Å². The molecule has 0 spiro atoms. The van der Waals surface area contributed by atoms with Crippen molar-refractivity contribution in [2.24, 2.45) is 7.05 Å². The van der Waals surface area contributed by atoms with Gasteiger partial charge < -0.3 is 0 Å². The molecule has 21 heavy (non-hydrogen) atoms. The van der Waals surface area contributed by atoms with Crippen LogP contribution in [0.4, 0.5) is 26.3 Å². The molecule has 0 saturated carbocycles. The van der Waals surface area contributed by atoms with Gasteiger partial charge in [0.25, 0.3) is 0 Å². The Morgan fingerprint density at radius 1 is 1.24 bits per heavy atom. The van der Waals surface area contributed by atoms with Gasteiger partial charge in [-0.3, -0.25) is 4.55 Å². The van der Waals surface area contributed by atoms with Gasteiger partial charge in [-0.1, -0.05) is 0 Å². The van der Waals surface area contributed by atoms with Gasteiger partial charge >= 0.3 is 33.0 Å². The predicted octanol–water partition coefficient (Wildman–Crippen LogP) is 1.54. The lowest BCUT2D eigenvalue weighted by molar-refractivity contribution is -0.689. The number of imidazole rings is 1. The molecule has 0 fully saturated rings. The van der Waals surface area contributed by atoms with E-state index in [2.05, 4.69) is 0 Å². The molecule has 12 heteroatoms. The standard InChI is InChI=1S/C9H10F6N2O3S/c1-3-17-5-4-16(2)6(17)7(10,8(11,12)13)9(14,15)21(18,19)20/h4-5H,3H2,1-2H3/p+1. The fourth-order valence-corrected chi connectivity index (χ4v) is 2.38. The van der Waals surface area contributed by atoms with Gasteiger partial charge in [0.1, 0.15) is 12.4 Å². The van der Waals surface area contributed by atoms with Crippen LogP contribution in [-0.2, 0) is 29.4 Å². The average molecular weight is 341 g/mol. The highest BCUT2D eigenvalue weighted by Gasteiger charge is 2.82. The molecule has 0 bridgehead atoms. The Labute approximate surface area is 115 Å². The summed E-state index contributed by atoms with van der Waals surface area (Å²) < 4.78 is 111. The summed E-state index contributed by atoms with van der Waals surface area (Å²) in [5.74, 6) is -1.65. The molecule has 0 radical (unpaired) electrons. The second-order valence-corrected chi connectivity index (χ2v) is 5.63. The van der Waals surface area contributed by atoms with Crippen molar-refractivity contribution >= 4 is 10.1 Å². The number of rotatable bonds is 4. The molecule has 1 aromatic heterocycles. The highest BCUT2D eigenvalue weighted by atomic mass is 32.2. The third-order valence-corrected chi connectivity index (χ3v) is 3.77. The minimum atomic E-state index is -6.67. The first kappa shape index (κ1) is 17.8. The largest absolute Gasteiger partial charge is 0.442 e. The van der Waals surface area contributed by atoms with E-state index in [1.807, 2.05) is 0 Å². The molecule has 122 valence electrons. The van der Waals surface area contributed by atoms with Gasteiger partial charge in [-0.15, -0.1) is 0 Å². The topological polar surface area (TPSA) is 63.2 Å². The maximum Gasteiger partial charge on any atom is 0.442 e. The molecule has 1 N–H and O–H groups in total. The van der Waals surface area contributed by atoms with Crippen molar-refractivity contribution in [2.45, 2.75) is 30.6 Å². The van der Waals surface area contributed by atoms with Crippen molar-refractivity contribution in [3.63, 3.8) is 0 Å². The summed E-state index contributed by atoms with van der Waals surface area (Å²) in [6, 6.07) is 0. The van der Waals surface area contributed by atoms with Gasteiger partial charge in [0.05, 0.1) is 13.6 Å². The quantitative estimate of drug-likeness (QED) is 0.513. The molecule has 0 aliphatic rings. The molecule has 1 aromatic rings. The molecule has 0 amide bonds. The van der Waals surface area contributed by atoms with Crippen molar-refractivity contribution < 1.29 is 43.9 Å². The zero-order valence-corrected chi connectivity index (χ0v) is 11.5. The lowest BCUT2D eigenvalue weighted by Gasteiger charge is -2.30. The van der Waals surface area contributed by atoms with Crippen LogP contribution in [0.5, 0.6) is 0 Å². The Morgan fingerprint density at radius 3 is 2.05 bits per heavy atom. The van der Waals surface area contributed by atoms with E-state index in [4.69, 9.17) is 4.55 Å². The molecule has 1 atom stereocenters. The maximum atomic E-state index is 14.4. The Hall–Kier alpha value is -1.30. The second-order valence-electron chi connectivity index (χ2n) is 4.17. The molecular formula is C9H11F6N2O3S+. The van der Waals surface area contributed by atoms with Crippen molar-refractivity contribution in [2.75, 3.05) is 0 Å². The van der Waals surface area contributed by atoms with Crippen LogP contribution < -0.4 is 4.57 Å². The molecule has 1 rings (SSSR count). The number of aryl methyl sites for hydroxylation is 2. The lowest BCUT2D eigenvalue weighted by atomic mass is 10.0. The van der Waals surface area contributed by atoms with Gasteiger partial charge in [-0.05, 0) is 6.92 Å². The maximum absolute atomic E-state index is 14.4. The van der Waals surface area contributed by atoms with E-state index in [-0.39, 0.29) is 6.54 Å². The van der Waals surface area contributed by atoms with E-state index >= 15 is 0 Å². The van der Waals surface area contributed by atoms with Gasteiger partial charge in [0.15, 0.2) is 0 Å². The zero-order chi connectivity index (χ0) is 16.9. The number of hydrogen-bond donors (Lipinski definition) is 1. The molecule has 1 heterocycles. The van der Waals surface area contributed by atoms with Crippen LogP contribution in [0, 0.1) is 0 Å². The monoisotopic (exact) mass is 341 g/mol. The third kappa shape index (κ3) is 2.39. The molecule has 0 aliphatic heterocycles. The number of nitrogens with zero attached hydrogens (tertiary/aromatic N) is 2. The first-order valence-corrected chi connectivity index (χ1v) is 6.81. The third-order valence-electron chi connectivity index (χ3n) is 2.84. The van der Waals surface area contributed by atoms with Crippen molar-refractivity contribution in [3.8, 4) is 0 Å². The fraction of sp³-hybridized carbons (Fsp3) is 0.667. The van der Waals surface area contributed by atoms with Gasteiger partial charge in [-0.2, -0.15) is 30.4 Å². The van der Waals surface area contributed by atoms with E-state index in [1.165, 1.54) is 6.92 Å². The van der Waals surface area contributed by atoms with E-state index in [9.17, 15) is 34.8 Å². The fourth-order valence-electron chi connectivity index (χ4n) is 1.82. The molecular weight excluding hydrogens is 330 g/mol. The van der Waals surface area contributed by atoms with E-state index < -0.39 is 33.0 Å². The van der Waals surface area contributed by atoms with Crippen molar-refractivity contribution in [3.05, 3.63) is 18.2 Å². The first-order valence-electron chi connectivity index (χ1n) is 5.37. The minimum absolute atomic E-state index is 0.334. The highest BCUT2D eigenvalue weighted by molar-refractivity contribution is 7.87. The second kappa shape index (κ2) is 4.87. The Bertz CT molecular complexity index is 638. The van der Waals surface area contributed by atoms with E-state index in [0.717, 1.165) is 19.4 Å². The minimum Gasteiger partial charge on any atom is -0.281 e. The van der Waals surface area contributed by atoms with Crippen LogP contribution in [0.15, 0.2) is 12.4 Å². The summed E-state index contributed by atoms with van der Waals surface area (Å²) in [4.78, 5) is 0. The zero-order valence-electron chi connectivity index (χ0n) is 10.7. The molecule has 0 aromatic carbocycles. The number of alkyl halides is 6. The van der Waals surface area contributed by atoms with E-state index in [0.29, 0.717) is 9.13 Å². The SMILES string of the molecule is CCn1cc[n+](C)c1C(F)(C(F)(F)F)C(F)(F)S(=O)(=O)O. The summed E-state index contributed by atoms with van der Waals surface area (Å²) in [5.41, 5.74) is -5.62. The lowest BCUT2D eigenvalue weighted by Crippen LogP contribution is -2.61. The van der Waals surface area contributed by atoms with Gasteiger partial charge in [0.2, 0.25) is 0 Å². The number of hydrogen-bond acceptors (Lipinski definition) is 2. The summed E-state index contributed by atoms with van der Waals surface area (Å²) in [5, 5.41) is -6.12. The molecule has 0 aliphatic carbocycles. The van der Waals surface area contributed by atoms with Crippen LogP contribution in [0.3, 0.4) is 0 Å². The van der Waals surface area contributed by atoms with E-state index in [1.54, 1.807) is 0 Å². The Kier molecular flexibility index (Phi) is 4.11. The summed E-state index contributed by atoms with van der Waals surface area (Å²) in [6.07, 6.45) is -4.58. The van der Waals surface area contributed by atoms with Crippen LogP contribution in [0.1, 0.15) is 12.7 Å². The predicted molar refractivity (Wildman–Crippen MR) is 56.6 cm³/mol. The molecule has 5 nitrogen and oxygen atoms in total. The van der Waals surface area contributed by atoms with Gasteiger partial charge in [0, 0.05) is 0 Å².